The van der Waals surface area contributed by atoms with Crippen LogP contribution in [0.15, 0.2) is 109 Å². The summed E-state index contributed by atoms with van der Waals surface area (Å²) in [6, 6.07) is 33.2. The zero-order valence-corrected chi connectivity index (χ0v) is 17.0. The Bertz CT molecular complexity index is 1230. The van der Waals surface area contributed by atoms with Crippen LogP contribution in [0, 0.1) is 0 Å². The van der Waals surface area contributed by atoms with Crippen molar-refractivity contribution in [3.8, 4) is 5.88 Å². The lowest BCUT2D eigenvalue weighted by Crippen LogP contribution is -2.38. The first kappa shape index (κ1) is 19.9. The molecule has 2 aromatic heterocycles. The predicted octanol–water partition coefficient (Wildman–Crippen LogP) is 5.87. The topological polar surface area (TPSA) is 39.9 Å². The SMILES string of the molecule is FC(F)Oc1nn(C(c2ccccc2)(c2ccccc2)c2ccccc2)c2cccnc12. The maximum Gasteiger partial charge on any atom is 0.388 e. The molecule has 0 unspecified atom stereocenters. The Morgan fingerprint density at radius 2 is 1.19 bits per heavy atom. The third kappa shape index (κ3) is 3.21. The van der Waals surface area contributed by atoms with Crippen molar-refractivity contribution in [3.63, 3.8) is 0 Å². The first-order valence-electron chi connectivity index (χ1n) is 10.2. The maximum absolute atomic E-state index is 13.2. The monoisotopic (exact) mass is 427 g/mol. The second-order valence-corrected chi connectivity index (χ2v) is 7.28. The fraction of sp³-hybridized carbons (Fsp3) is 0.0769. The molecule has 0 saturated heterocycles. The summed E-state index contributed by atoms with van der Waals surface area (Å²) in [5, 5.41) is 4.58. The summed E-state index contributed by atoms with van der Waals surface area (Å²) < 4.78 is 33.0. The van der Waals surface area contributed by atoms with E-state index in [2.05, 4.69) is 10.1 Å². The number of hydrogen-bond donors (Lipinski definition) is 0. The van der Waals surface area contributed by atoms with Gasteiger partial charge in [0.05, 0.1) is 5.52 Å². The van der Waals surface area contributed by atoms with Crippen LogP contribution in [0.1, 0.15) is 16.7 Å². The second-order valence-electron chi connectivity index (χ2n) is 7.28. The van der Waals surface area contributed by atoms with Crippen molar-refractivity contribution in [3.05, 3.63) is 126 Å². The molecule has 158 valence electrons. The number of aromatic nitrogens is 3. The van der Waals surface area contributed by atoms with Crippen molar-refractivity contribution in [1.82, 2.24) is 14.8 Å². The first-order chi connectivity index (χ1) is 15.7. The van der Waals surface area contributed by atoms with Crippen molar-refractivity contribution in [2.75, 3.05) is 0 Å². The molecule has 6 heteroatoms. The summed E-state index contributed by atoms with van der Waals surface area (Å²) in [6.07, 6.45) is 1.54. The van der Waals surface area contributed by atoms with Gasteiger partial charge in [0, 0.05) is 6.20 Å². The van der Waals surface area contributed by atoms with Crippen LogP contribution in [-0.2, 0) is 5.54 Å². The number of ether oxygens (including phenoxy) is 1. The molecule has 0 saturated carbocycles. The number of fused-ring (bicyclic) bond motifs is 1. The molecule has 4 nitrogen and oxygen atoms in total. The van der Waals surface area contributed by atoms with E-state index in [1.54, 1.807) is 16.9 Å². The van der Waals surface area contributed by atoms with E-state index in [9.17, 15) is 8.78 Å². The molecule has 0 amide bonds. The van der Waals surface area contributed by atoms with Crippen LogP contribution in [0.25, 0.3) is 11.0 Å². The molecule has 0 aliphatic carbocycles. The average Bonchev–Trinajstić information content (AvgIpc) is 3.20. The summed E-state index contributed by atoms with van der Waals surface area (Å²) in [4.78, 5) is 4.31. The van der Waals surface area contributed by atoms with Gasteiger partial charge in [0.25, 0.3) is 5.88 Å². The van der Waals surface area contributed by atoms with Crippen LogP contribution in [0.4, 0.5) is 8.78 Å². The van der Waals surface area contributed by atoms with Gasteiger partial charge in [-0.1, -0.05) is 91.0 Å². The largest absolute Gasteiger partial charge is 0.413 e. The number of halogens is 2. The van der Waals surface area contributed by atoms with Crippen molar-refractivity contribution in [1.29, 1.82) is 0 Å². The van der Waals surface area contributed by atoms with Crippen LogP contribution in [0.3, 0.4) is 0 Å². The molecule has 0 radical (unpaired) electrons. The highest BCUT2D eigenvalue weighted by Crippen LogP contribution is 2.43. The molecule has 0 bridgehead atoms. The molecule has 0 aliphatic heterocycles. The number of nitrogens with zero attached hydrogens (tertiary/aromatic N) is 3. The number of hydrogen-bond acceptors (Lipinski definition) is 3. The van der Waals surface area contributed by atoms with Crippen molar-refractivity contribution >= 4 is 11.0 Å². The van der Waals surface area contributed by atoms with Gasteiger partial charge in [-0.25, -0.2) is 9.67 Å². The van der Waals surface area contributed by atoms with Crippen LogP contribution in [0.5, 0.6) is 5.88 Å². The van der Waals surface area contributed by atoms with Gasteiger partial charge in [0.2, 0.25) is 0 Å². The summed E-state index contributed by atoms with van der Waals surface area (Å²) in [6.45, 7) is -3.01. The molecule has 2 heterocycles. The van der Waals surface area contributed by atoms with Crippen LogP contribution >= 0.6 is 0 Å². The minimum Gasteiger partial charge on any atom is -0.413 e. The van der Waals surface area contributed by atoms with Crippen molar-refractivity contribution in [2.24, 2.45) is 0 Å². The molecule has 0 aliphatic rings. The number of alkyl halides is 2. The van der Waals surface area contributed by atoms with Gasteiger partial charge in [-0.05, 0) is 28.8 Å². The fourth-order valence-electron chi connectivity index (χ4n) is 4.25. The van der Waals surface area contributed by atoms with Gasteiger partial charge in [-0.15, -0.1) is 5.10 Å². The fourth-order valence-corrected chi connectivity index (χ4v) is 4.25. The molecule has 0 fully saturated rings. The van der Waals surface area contributed by atoms with E-state index in [0.29, 0.717) is 5.52 Å². The van der Waals surface area contributed by atoms with E-state index in [1.807, 2.05) is 97.1 Å². The van der Waals surface area contributed by atoms with E-state index in [1.165, 1.54) is 0 Å². The summed E-state index contributed by atoms with van der Waals surface area (Å²) >= 11 is 0. The van der Waals surface area contributed by atoms with Gasteiger partial charge in [-0.2, -0.15) is 8.78 Å². The lowest BCUT2D eigenvalue weighted by atomic mass is 9.77. The van der Waals surface area contributed by atoms with E-state index in [-0.39, 0.29) is 11.4 Å². The molecule has 0 atom stereocenters. The average molecular weight is 427 g/mol. The quantitative estimate of drug-likeness (QED) is 0.318. The molecule has 5 aromatic rings. The van der Waals surface area contributed by atoms with Crippen LogP contribution in [0.2, 0.25) is 0 Å². The van der Waals surface area contributed by atoms with E-state index in [4.69, 9.17) is 4.74 Å². The number of benzene rings is 3. The Morgan fingerprint density at radius 1 is 0.688 bits per heavy atom. The van der Waals surface area contributed by atoms with Crippen LogP contribution < -0.4 is 4.74 Å². The molecule has 0 N–H and O–H groups in total. The van der Waals surface area contributed by atoms with Crippen molar-refractivity contribution < 1.29 is 13.5 Å². The van der Waals surface area contributed by atoms with E-state index < -0.39 is 12.2 Å². The molecular formula is C26H19F2N3O. The number of rotatable bonds is 6. The van der Waals surface area contributed by atoms with E-state index >= 15 is 0 Å². The highest BCUT2D eigenvalue weighted by atomic mass is 19.3. The Labute approximate surface area is 183 Å². The lowest BCUT2D eigenvalue weighted by Gasteiger charge is -2.36. The Morgan fingerprint density at radius 3 is 1.66 bits per heavy atom. The zero-order chi connectivity index (χ0) is 22.0. The molecular weight excluding hydrogens is 408 g/mol. The Kier molecular flexibility index (Phi) is 5.11. The van der Waals surface area contributed by atoms with Gasteiger partial charge < -0.3 is 4.74 Å². The normalized spacial score (nSPS) is 11.7. The minimum absolute atomic E-state index is 0.206. The van der Waals surface area contributed by atoms with Crippen molar-refractivity contribution in [2.45, 2.75) is 12.2 Å². The summed E-state index contributed by atoms with van der Waals surface area (Å²) in [5.41, 5.74) is 2.69. The Hall–Kier alpha value is -4.06. The molecule has 3 aromatic carbocycles. The standard InChI is InChI=1S/C26H19F2N3O/c27-25(28)32-24-23-22(17-10-18-29-23)31(30-24)26(19-11-4-1-5-12-19,20-13-6-2-7-14-20)21-15-8-3-9-16-21/h1-18,25H. The predicted molar refractivity (Wildman–Crippen MR) is 119 cm³/mol. The maximum atomic E-state index is 13.2. The zero-order valence-electron chi connectivity index (χ0n) is 17.0. The van der Waals surface area contributed by atoms with E-state index in [0.717, 1.165) is 16.7 Å². The van der Waals surface area contributed by atoms with Gasteiger partial charge in [0.1, 0.15) is 5.54 Å². The minimum atomic E-state index is -3.01. The van der Waals surface area contributed by atoms with Gasteiger partial charge >= 0.3 is 6.61 Å². The molecule has 5 rings (SSSR count). The summed E-state index contributed by atoms with van der Waals surface area (Å²) in [5.74, 6) is -0.206. The summed E-state index contributed by atoms with van der Waals surface area (Å²) in [7, 11) is 0. The second kappa shape index (κ2) is 8.23. The first-order valence-corrected chi connectivity index (χ1v) is 10.2. The van der Waals surface area contributed by atoms with Gasteiger partial charge in [-0.3, -0.25) is 0 Å². The smallest absolute Gasteiger partial charge is 0.388 e. The third-order valence-corrected chi connectivity index (χ3v) is 5.50. The lowest BCUT2D eigenvalue weighted by molar-refractivity contribution is -0.0525. The molecule has 0 spiro atoms. The third-order valence-electron chi connectivity index (χ3n) is 5.50. The van der Waals surface area contributed by atoms with Crippen LogP contribution in [-0.4, -0.2) is 21.4 Å². The highest BCUT2D eigenvalue weighted by Gasteiger charge is 2.41. The highest BCUT2D eigenvalue weighted by molar-refractivity contribution is 5.81. The molecule has 32 heavy (non-hydrogen) atoms. The Balaban J connectivity index is 1.94. The number of pyridine rings is 1. The van der Waals surface area contributed by atoms with Gasteiger partial charge in [0.15, 0.2) is 5.52 Å².